The zero-order valence-electron chi connectivity index (χ0n) is 15.4. The van der Waals surface area contributed by atoms with Gasteiger partial charge in [0.05, 0.1) is 5.56 Å². The zero-order chi connectivity index (χ0) is 20.7. The number of carboxylic acids is 1. The van der Waals surface area contributed by atoms with E-state index in [-0.39, 0.29) is 38.0 Å². The van der Waals surface area contributed by atoms with Crippen molar-refractivity contribution in [1.82, 2.24) is 0 Å². The second-order valence-electron chi connectivity index (χ2n) is 6.53. The Morgan fingerprint density at radius 2 is 1.48 bits per heavy atom. The first-order chi connectivity index (χ1) is 13.2. The molecule has 2 aromatic carbocycles. The van der Waals surface area contributed by atoms with Gasteiger partial charge in [0.1, 0.15) is 0 Å². The standard InChI is InChI=1S/C14H9F3NO2.2C3H6N.Pt/c15-14(16,17)9-4-3-5-10(8-9)18-12-7-2-1-6-11(12)13(19)20;2*4-3-1-2-3;/h1-8H,(H,19,20);2*3-4H,1-2H2;/q3*-1;. The molecule has 2 aliphatic carbocycles. The van der Waals surface area contributed by atoms with Crippen molar-refractivity contribution in [2.45, 2.75) is 43.9 Å². The number of nitrogens with one attached hydrogen (secondary N) is 2. The van der Waals surface area contributed by atoms with Crippen LogP contribution in [0, 0.1) is 0 Å². The van der Waals surface area contributed by atoms with E-state index in [1.165, 1.54) is 30.3 Å². The van der Waals surface area contributed by atoms with Gasteiger partial charge in [-0.1, -0.05) is 68.1 Å². The van der Waals surface area contributed by atoms with Crippen LogP contribution in [-0.2, 0) is 27.2 Å². The minimum absolute atomic E-state index is 0. The van der Waals surface area contributed by atoms with Crippen LogP contribution < -0.4 is 0 Å². The van der Waals surface area contributed by atoms with Crippen LogP contribution in [0.1, 0.15) is 41.6 Å². The van der Waals surface area contributed by atoms with Gasteiger partial charge < -0.3 is 21.9 Å². The molecule has 29 heavy (non-hydrogen) atoms. The van der Waals surface area contributed by atoms with E-state index in [4.69, 9.17) is 16.6 Å². The van der Waals surface area contributed by atoms with Gasteiger partial charge >= 0.3 is 12.1 Å². The van der Waals surface area contributed by atoms with E-state index >= 15 is 0 Å². The Hall–Kier alpha value is -1.89. The molecule has 162 valence electrons. The number of para-hydroxylation sites is 1. The summed E-state index contributed by atoms with van der Waals surface area (Å²) in [4.78, 5) is 11.0. The number of hydrogen-bond acceptors (Lipinski definition) is 1. The first-order valence-corrected chi connectivity index (χ1v) is 8.80. The Kier molecular flexibility index (Phi) is 9.83. The first kappa shape index (κ1) is 25.1. The zero-order valence-corrected chi connectivity index (χ0v) is 17.6. The monoisotopic (exact) mass is 587 g/mol. The molecule has 0 unspecified atom stereocenters. The Morgan fingerprint density at radius 1 is 0.966 bits per heavy atom. The number of rotatable bonds is 3. The smallest absolute Gasteiger partial charge is 0.416 e. The Bertz CT molecular complexity index is 785. The average molecular weight is 587 g/mol. The van der Waals surface area contributed by atoms with Crippen LogP contribution in [0.2, 0.25) is 0 Å². The molecule has 0 heterocycles. The van der Waals surface area contributed by atoms with Gasteiger partial charge in [0, 0.05) is 26.6 Å². The van der Waals surface area contributed by atoms with Gasteiger partial charge in [-0.15, -0.1) is 23.5 Å². The second kappa shape index (κ2) is 11.3. The van der Waals surface area contributed by atoms with Crippen LogP contribution in [0.3, 0.4) is 0 Å². The Morgan fingerprint density at radius 3 is 1.93 bits per heavy atom. The molecule has 9 heteroatoms. The van der Waals surface area contributed by atoms with Crippen molar-refractivity contribution in [3.63, 3.8) is 0 Å². The number of benzene rings is 2. The van der Waals surface area contributed by atoms with Crippen LogP contribution >= 0.6 is 0 Å². The Labute approximate surface area is 181 Å². The van der Waals surface area contributed by atoms with Crippen molar-refractivity contribution in [2.24, 2.45) is 0 Å². The maximum Gasteiger partial charge on any atom is 0.416 e. The molecule has 0 spiro atoms. The normalized spacial score (nSPS) is 14.9. The number of alkyl halides is 3. The molecule has 3 N–H and O–H groups in total. The number of carboxylic acid groups (broad SMARTS) is 1. The van der Waals surface area contributed by atoms with E-state index in [0.29, 0.717) is 12.1 Å². The van der Waals surface area contributed by atoms with Gasteiger partial charge in [-0.2, -0.15) is 13.2 Å². The number of nitrogens with zero attached hydrogens (tertiary/aromatic N) is 1. The van der Waals surface area contributed by atoms with Gasteiger partial charge in [-0.25, -0.2) is 4.79 Å². The summed E-state index contributed by atoms with van der Waals surface area (Å²) in [6, 6.07) is 11.0. The average Bonchev–Trinajstić information content (AvgIpc) is 3.56. The van der Waals surface area contributed by atoms with E-state index in [0.717, 1.165) is 37.8 Å². The van der Waals surface area contributed by atoms with E-state index in [2.05, 4.69) is 5.32 Å². The van der Waals surface area contributed by atoms with Gasteiger partial charge in [0.15, 0.2) is 0 Å². The fourth-order valence-corrected chi connectivity index (χ4v) is 1.81. The summed E-state index contributed by atoms with van der Waals surface area (Å²) in [5.41, 5.74) is 12.7. The van der Waals surface area contributed by atoms with Crippen LogP contribution in [0.4, 0.5) is 24.5 Å². The van der Waals surface area contributed by atoms with E-state index in [9.17, 15) is 18.0 Å². The molecule has 2 fully saturated rings. The summed E-state index contributed by atoms with van der Waals surface area (Å²) in [5, 5.41) is 12.9. The van der Waals surface area contributed by atoms with Gasteiger partial charge in [-0.05, 0) is 6.07 Å². The van der Waals surface area contributed by atoms with Crippen LogP contribution in [0.25, 0.3) is 16.8 Å². The molecule has 5 nitrogen and oxygen atoms in total. The SMILES string of the molecule is O=C(O)c1ccccc1[N-]c1cccc(C(F)(F)F)c1.[NH-]C1CC1.[NH-]C1CC1.[Pt]. The number of carbonyl (C=O) groups is 1. The summed E-state index contributed by atoms with van der Waals surface area (Å²) in [6.07, 6.45) is 0.151. The molecule has 0 saturated heterocycles. The van der Waals surface area contributed by atoms with Crippen molar-refractivity contribution in [3.8, 4) is 0 Å². The van der Waals surface area contributed by atoms with Gasteiger partial charge in [0.2, 0.25) is 0 Å². The van der Waals surface area contributed by atoms with Crippen molar-refractivity contribution in [3.05, 3.63) is 76.4 Å². The maximum absolute atomic E-state index is 12.6. The van der Waals surface area contributed by atoms with Crippen LogP contribution in [-0.4, -0.2) is 23.2 Å². The fraction of sp³-hybridized carbons (Fsp3) is 0.350. The largest absolute Gasteiger partial charge is 0.675 e. The maximum atomic E-state index is 12.6. The van der Waals surface area contributed by atoms with Crippen LogP contribution in [0.15, 0.2) is 48.5 Å². The van der Waals surface area contributed by atoms with Crippen molar-refractivity contribution in [2.75, 3.05) is 0 Å². The van der Waals surface area contributed by atoms with Crippen molar-refractivity contribution in [1.29, 1.82) is 0 Å². The van der Waals surface area contributed by atoms with E-state index in [1.807, 2.05) is 0 Å². The predicted molar refractivity (Wildman–Crippen MR) is 102 cm³/mol. The number of aromatic carboxylic acids is 1. The molecule has 0 aliphatic heterocycles. The Balaban J connectivity index is 0.000000385. The molecular weight excluding hydrogens is 566 g/mol. The molecular formula is C20H21F3N3O2Pt-3. The van der Waals surface area contributed by atoms with Gasteiger partial charge in [-0.3, -0.25) is 0 Å². The minimum Gasteiger partial charge on any atom is -0.675 e. The third-order valence-corrected chi connectivity index (χ3v) is 3.71. The van der Waals surface area contributed by atoms with Crippen LogP contribution in [0.5, 0.6) is 0 Å². The molecule has 4 rings (SSSR count). The third-order valence-electron chi connectivity index (χ3n) is 3.71. The van der Waals surface area contributed by atoms with E-state index < -0.39 is 17.7 Å². The predicted octanol–water partition coefficient (Wildman–Crippen LogP) is 7.14. The molecule has 0 amide bonds. The summed E-state index contributed by atoms with van der Waals surface area (Å²) < 4.78 is 37.7. The fourth-order valence-electron chi connectivity index (χ4n) is 1.81. The molecule has 2 saturated carbocycles. The molecule has 0 radical (unpaired) electrons. The number of halogens is 3. The van der Waals surface area contributed by atoms with Crippen molar-refractivity contribution < 1.29 is 44.1 Å². The molecule has 2 aliphatic rings. The first-order valence-electron chi connectivity index (χ1n) is 8.80. The minimum atomic E-state index is -4.46. The molecule has 0 atom stereocenters. The second-order valence-corrected chi connectivity index (χ2v) is 6.53. The third kappa shape index (κ3) is 9.92. The summed E-state index contributed by atoms with van der Waals surface area (Å²) in [5.74, 6) is -1.18. The quantitative estimate of drug-likeness (QED) is 0.413. The summed E-state index contributed by atoms with van der Waals surface area (Å²) in [7, 11) is 0. The summed E-state index contributed by atoms with van der Waals surface area (Å²) in [6.45, 7) is 0. The topological polar surface area (TPSA) is 99.0 Å². The number of hydrogen-bond donors (Lipinski definition) is 1. The van der Waals surface area contributed by atoms with E-state index in [1.54, 1.807) is 6.07 Å². The molecule has 0 bridgehead atoms. The molecule has 2 aromatic rings. The summed E-state index contributed by atoms with van der Waals surface area (Å²) >= 11 is 0. The molecule has 0 aromatic heterocycles. The van der Waals surface area contributed by atoms with Crippen molar-refractivity contribution >= 4 is 17.3 Å². The van der Waals surface area contributed by atoms with Gasteiger partial charge in [0.25, 0.3) is 0 Å².